The fourth-order valence-corrected chi connectivity index (χ4v) is 5.31. The predicted octanol–water partition coefficient (Wildman–Crippen LogP) is 4.15. The van der Waals surface area contributed by atoms with Gasteiger partial charge in [0.2, 0.25) is 5.91 Å². The van der Waals surface area contributed by atoms with Crippen molar-refractivity contribution in [3.8, 4) is 0 Å². The Morgan fingerprint density at radius 1 is 1.12 bits per heavy atom. The fraction of sp³-hybridized carbons (Fsp3) is 0.500. The largest absolute Gasteiger partial charge is 0.385 e. The van der Waals surface area contributed by atoms with E-state index in [0.717, 1.165) is 28.0 Å². The van der Waals surface area contributed by atoms with Gasteiger partial charge in [-0.25, -0.2) is 4.98 Å². The molecule has 2 aliphatic rings. The number of nitrogens with zero attached hydrogens (tertiary/aromatic N) is 3. The lowest BCUT2D eigenvalue weighted by molar-refractivity contribution is -0.135. The van der Waals surface area contributed by atoms with Crippen LogP contribution in [0.15, 0.2) is 42.6 Å². The van der Waals surface area contributed by atoms with Gasteiger partial charge in [-0.3, -0.25) is 9.89 Å². The Kier molecular flexibility index (Phi) is 6.31. The summed E-state index contributed by atoms with van der Waals surface area (Å²) in [6.07, 6.45) is 10.1. The van der Waals surface area contributed by atoms with Crippen LogP contribution in [0, 0.1) is 0 Å². The third-order valence-corrected chi connectivity index (χ3v) is 7.33. The van der Waals surface area contributed by atoms with E-state index in [2.05, 4.69) is 20.5 Å². The third kappa shape index (κ3) is 4.74. The van der Waals surface area contributed by atoms with Crippen LogP contribution < -0.4 is 5.32 Å². The van der Waals surface area contributed by atoms with E-state index in [0.29, 0.717) is 44.8 Å². The van der Waals surface area contributed by atoms with Crippen LogP contribution in [-0.2, 0) is 16.8 Å². The Bertz CT molecular complexity index is 1080. The normalized spacial score (nSPS) is 19.0. The molecule has 2 aromatic heterocycles. The van der Waals surface area contributed by atoms with Crippen LogP contribution in [0.5, 0.6) is 0 Å². The van der Waals surface area contributed by atoms with Crippen LogP contribution in [0.4, 0.5) is 5.82 Å². The summed E-state index contributed by atoms with van der Waals surface area (Å²) in [7, 11) is 0. The molecular weight excluding hydrogens is 414 g/mol. The van der Waals surface area contributed by atoms with Crippen molar-refractivity contribution in [2.45, 2.75) is 69.4 Å². The fourth-order valence-electron chi connectivity index (χ4n) is 5.31. The van der Waals surface area contributed by atoms with Gasteiger partial charge < -0.3 is 15.3 Å². The number of hydrogen-bond donors (Lipinski definition) is 3. The average Bonchev–Trinajstić information content (AvgIpc) is 3.28. The number of nitrogens with one attached hydrogen (secondary N) is 2. The summed E-state index contributed by atoms with van der Waals surface area (Å²) in [5.41, 5.74) is 1.94. The summed E-state index contributed by atoms with van der Waals surface area (Å²) < 4.78 is 0. The van der Waals surface area contributed by atoms with Crippen molar-refractivity contribution in [3.63, 3.8) is 0 Å². The number of pyridine rings is 1. The summed E-state index contributed by atoms with van der Waals surface area (Å²) in [4.78, 5) is 19.4. The lowest BCUT2D eigenvalue weighted by atomic mass is 9.84. The Hall–Kier alpha value is -2.93. The highest BCUT2D eigenvalue weighted by molar-refractivity contribution is 5.92. The van der Waals surface area contributed by atoms with Crippen molar-refractivity contribution in [3.05, 3.63) is 53.9 Å². The number of carbonyl (C=O) groups is 1. The first-order chi connectivity index (χ1) is 16.1. The van der Waals surface area contributed by atoms with E-state index in [1.807, 2.05) is 47.5 Å². The zero-order valence-electron chi connectivity index (χ0n) is 19.1. The molecule has 1 saturated carbocycles. The van der Waals surface area contributed by atoms with Gasteiger partial charge in [0, 0.05) is 38.2 Å². The average molecular weight is 448 g/mol. The van der Waals surface area contributed by atoms with Gasteiger partial charge in [0.15, 0.2) is 0 Å². The Morgan fingerprint density at radius 2 is 1.88 bits per heavy atom. The van der Waals surface area contributed by atoms with E-state index in [9.17, 15) is 9.90 Å². The van der Waals surface area contributed by atoms with Gasteiger partial charge in [-0.15, -0.1) is 0 Å². The van der Waals surface area contributed by atoms with Crippen LogP contribution in [0.3, 0.4) is 0 Å². The molecule has 1 aliphatic carbocycles. The number of aliphatic hydroxyl groups is 1. The first-order valence-electron chi connectivity index (χ1n) is 12.3. The zero-order valence-corrected chi connectivity index (χ0v) is 19.1. The van der Waals surface area contributed by atoms with Crippen molar-refractivity contribution in [1.29, 1.82) is 0 Å². The number of aryl methyl sites for hydroxylation is 1. The number of amides is 1. The van der Waals surface area contributed by atoms with Crippen molar-refractivity contribution < 1.29 is 9.90 Å². The third-order valence-electron chi connectivity index (χ3n) is 7.33. The van der Waals surface area contributed by atoms with Gasteiger partial charge >= 0.3 is 0 Å². The van der Waals surface area contributed by atoms with Gasteiger partial charge in [-0.2, -0.15) is 5.10 Å². The minimum Gasteiger partial charge on any atom is -0.385 e. The van der Waals surface area contributed by atoms with E-state index in [-0.39, 0.29) is 5.91 Å². The molecule has 3 N–H and O–H groups in total. The van der Waals surface area contributed by atoms with E-state index < -0.39 is 5.60 Å². The minimum atomic E-state index is -0.845. The molecule has 3 heterocycles. The Labute approximate surface area is 194 Å². The monoisotopic (exact) mass is 447 g/mol. The van der Waals surface area contributed by atoms with Crippen LogP contribution in [0.1, 0.15) is 62.6 Å². The minimum absolute atomic E-state index is 0.118. The number of benzene rings is 1. The molecule has 7 heteroatoms. The second kappa shape index (κ2) is 9.51. The number of aromatic amines is 1. The number of hydrogen-bond acceptors (Lipinski definition) is 5. The van der Waals surface area contributed by atoms with Crippen molar-refractivity contribution in [1.82, 2.24) is 20.1 Å². The standard InChI is InChI=1S/C26H33N5O2/c32-23(31-17-14-26(33,15-18-31)19-7-3-1-4-8-19)12-11-21-24-22(30-29-21)13-16-27-25(24)28-20-9-5-2-6-10-20/h1,3-4,7-8,13,16,20,33H,2,5-6,9-12,14-15,17-18H2,(H,27,28)(H,29,30). The van der Waals surface area contributed by atoms with Crippen LogP contribution in [-0.4, -0.2) is 50.2 Å². The van der Waals surface area contributed by atoms with Gasteiger partial charge in [0.1, 0.15) is 5.82 Å². The van der Waals surface area contributed by atoms with Crippen molar-refractivity contribution in [2.75, 3.05) is 18.4 Å². The molecule has 174 valence electrons. The summed E-state index contributed by atoms with van der Waals surface area (Å²) in [5, 5.41) is 23.3. The van der Waals surface area contributed by atoms with Gasteiger partial charge in [-0.1, -0.05) is 49.6 Å². The first kappa shape index (κ1) is 21.9. The van der Waals surface area contributed by atoms with Gasteiger partial charge in [0.25, 0.3) is 0 Å². The molecule has 3 aromatic rings. The molecule has 0 atom stereocenters. The molecule has 1 saturated heterocycles. The molecule has 7 nitrogen and oxygen atoms in total. The van der Waals surface area contributed by atoms with Gasteiger partial charge in [-0.05, 0) is 37.3 Å². The quantitative estimate of drug-likeness (QED) is 0.528. The lowest BCUT2D eigenvalue weighted by Crippen LogP contribution is -2.45. The molecule has 0 spiro atoms. The van der Waals surface area contributed by atoms with Crippen molar-refractivity contribution >= 4 is 22.6 Å². The molecule has 1 aliphatic heterocycles. The molecule has 1 amide bonds. The smallest absolute Gasteiger partial charge is 0.222 e. The summed E-state index contributed by atoms with van der Waals surface area (Å²) >= 11 is 0. The number of anilines is 1. The summed E-state index contributed by atoms with van der Waals surface area (Å²) in [6.45, 7) is 1.14. The zero-order chi connectivity index (χ0) is 22.7. The number of likely N-dealkylation sites (tertiary alicyclic amines) is 1. The number of piperidine rings is 1. The maximum Gasteiger partial charge on any atom is 0.222 e. The number of fused-ring (bicyclic) bond motifs is 1. The van der Waals surface area contributed by atoms with E-state index in [4.69, 9.17) is 0 Å². The predicted molar refractivity (Wildman–Crippen MR) is 129 cm³/mol. The van der Waals surface area contributed by atoms with E-state index >= 15 is 0 Å². The molecule has 5 rings (SSSR count). The second-order valence-electron chi connectivity index (χ2n) is 9.51. The van der Waals surface area contributed by atoms with Crippen LogP contribution in [0.25, 0.3) is 10.9 Å². The van der Waals surface area contributed by atoms with E-state index in [1.54, 1.807) is 0 Å². The van der Waals surface area contributed by atoms with Gasteiger partial charge in [0.05, 0.1) is 22.2 Å². The molecule has 1 aromatic carbocycles. The summed E-state index contributed by atoms with van der Waals surface area (Å²) in [6, 6.07) is 12.2. The van der Waals surface area contributed by atoms with Crippen LogP contribution in [0.2, 0.25) is 0 Å². The Morgan fingerprint density at radius 3 is 2.64 bits per heavy atom. The molecule has 2 fully saturated rings. The molecule has 0 bridgehead atoms. The topological polar surface area (TPSA) is 94.1 Å². The second-order valence-corrected chi connectivity index (χ2v) is 9.51. The highest BCUT2D eigenvalue weighted by Gasteiger charge is 2.35. The summed E-state index contributed by atoms with van der Waals surface area (Å²) in [5.74, 6) is 0.994. The number of aromatic nitrogens is 3. The molecular formula is C26H33N5O2. The van der Waals surface area contributed by atoms with Crippen molar-refractivity contribution in [2.24, 2.45) is 0 Å². The number of H-pyrrole nitrogens is 1. The molecule has 0 unspecified atom stereocenters. The maximum atomic E-state index is 13.0. The SMILES string of the molecule is O=C(CCc1n[nH]c2ccnc(NC3CCCCC3)c12)N1CCC(O)(c2ccccc2)CC1. The number of rotatable bonds is 6. The molecule has 33 heavy (non-hydrogen) atoms. The highest BCUT2D eigenvalue weighted by atomic mass is 16.3. The number of carbonyl (C=O) groups excluding carboxylic acids is 1. The maximum absolute atomic E-state index is 13.0. The Balaban J connectivity index is 1.22. The first-order valence-corrected chi connectivity index (χ1v) is 12.3. The lowest BCUT2D eigenvalue weighted by Gasteiger charge is -2.38. The van der Waals surface area contributed by atoms with E-state index in [1.165, 1.54) is 32.1 Å². The van der Waals surface area contributed by atoms with Crippen LogP contribution >= 0.6 is 0 Å². The highest BCUT2D eigenvalue weighted by Crippen LogP contribution is 2.33. The molecule has 0 radical (unpaired) electrons.